The number of phenols is 1. The van der Waals surface area contributed by atoms with Crippen molar-refractivity contribution in [2.75, 3.05) is 0 Å². The number of phenolic OH excluding ortho intramolecular Hbond substituents is 1. The Labute approximate surface area is 156 Å². The summed E-state index contributed by atoms with van der Waals surface area (Å²) in [6.45, 7) is 13.0. The Morgan fingerprint density at radius 3 is 2.31 bits per heavy atom. The molecule has 1 heterocycles. The molecular formula is C24H29NO. The van der Waals surface area contributed by atoms with Crippen LogP contribution in [-0.4, -0.2) is 10.1 Å². The fourth-order valence-corrected chi connectivity index (χ4v) is 3.65. The van der Waals surface area contributed by atoms with Crippen LogP contribution in [0.25, 0.3) is 10.9 Å². The summed E-state index contributed by atoms with van der Waals surface area (Å²) in [7, 11) is 0. The van der Waals surface area contributed by atoms with Crippen LogP contribution in [0.5, 0.6) is 5.75 Å². The Balaban J connectivity index is 1.98. The zero-order valence-electron chi connectivity index (χ0n) is 16.7. The van der Waals surface area contributed by atoms with Crippen molar-refractivity contribution in [1.82, 2.24) is 4.98 Å². The van der Waals surface area contributed by atoms with E-state index < -0.39 is 0 Å². The topological polar surface area (TPSA) is 33.1 Å². The molecule has 0 saturated carbocycles. The highest BCUT2D eigenvalue weighted by Crippen LogP contribution is 2.34. The van der Waals surface area contributed by atoms with E-state index in [1.165, 1.54) is 16.5 Å². The van der Waals surface area contributed by atoms with Gasteiger partial charge in [0, 0.05) is 16.5 Å². The zero-order chi connectivity index (χ0) is 19.1. The van der Waals surface area contributed by atoms with Gasteiger partial charge in [0.2, 0.25) is 0 Å². The third-order valence-corrected chi connectivity index (χ3v) is 5.21. The molecule has 0 fully saturated rings. The standard InChI is InChI=1S/C24H29NO/c1-16-19(8-7-9-21(16)26)24(5,6)15-17-10-11-18-12-13-22(23(2,3)4)25-20(18)14-17/h7-14,26H,15H2,1-6H3. The highest BCUT2D eigenvalue weighted by molar-refractivity contribution is 5.79. The van der Waals surface area contributed by atoms with Gasteiger partial charge in [0.15, 0.2) is 0 Å². The highest BCUT2D eigenvalue weighted by atomic mass is 16.3. The fourth-order valence-electron chi connectivity index (χ4n) is 3.65. The van der Waals surface area contributed by atoms with Crippen molar-refractivity contribution >= 4 is 10.9 Å². The maximum atomic E-state index is 10.1. The fraction of sp³-hybridized carbons (Fsp3) is 0.375. The summed E-state index contributed by atoms with van der Waals surface area (Å²) in [6.07, 6.45) is 0.897. The van der Waals surface area contributed by atoms with Crippen LogP contribution in [0.1, 0.15) is 57.0 Å². The van der Waals surface area contributed by atoms with Crippen LogP contribution in [0, 0.1) is 6.92 Å². The first-order chi connectivity index (χ1) is 12.1. The Kier molecular flexibility index (Phi) is 4.56. The van der Waals surface area contributed by atoms with E-state index in [9.17, 15) is 5.11 Å². The van der Waals surface area contributed by atoms with Crippen molar-refractivity contribution in [3.8, 4) is 5.75 Å². The Morgan fingerprint density at radius 2 is 1.62 bits per heavy atom. The molecule has 0 spiro atoms. The number of pyridine rings is 1. The van der Waals surface area contributed by atoms with Crippen molar-refractivity contribution < 1.29 is 5.11 Å². The first kappa shape index (κ1) is 18.4. The second-order valence-electron chi connectivity index (χ2n) is 8.98. The van der Waals surface area contributed by atoms with Gasteiger partial charge in [0.05, 0.1) is 5.52 Å². The second kappa shape index (κ2) is 6.42. The van der Waals surface area contributed by atoms with E-state index in [0.717, 1.165) is 23.2 Å². The number of benzene rings is 2. The molecule has 0 saturated heterocycles. The maximum Gasteiger partial charge on any atom is 0.118 e. The maximum absolute atomic E-state index is 10.1. The minimum atomic E-state index is -0.0713. The first-order valence-corrected chi connectivity index (χ1v) is 9.27. The quantitative estimate of drug-likeness (QED) is 0.624. The van der Waals surface area contributed by atoms with Crippen LogP contribution in [-0.2, 0) is 17.3 Å². The van der Waals surface area contributed by atoms with E-state index in [1.54, 1.807) is 6.07 Å². The van der Waals surface area contributed by atoms with E-state index >= 15 is 0 Å². The van der Waals surface area contributed by atoms with Crippen molar-refractivity contribution in [3.63, 3.8) is 0 Å². The molecule has 1 N–H and O–H groups in total. The molecule has 136 valence electrons. The molecule has 0 amide bonds. The van der Waals surface area contributed by atoms with E-state index in [1.807, 2.05) is 13.0 Å². The van der Waals surface area contributed by atoms with Crippen LogP contribution in [0.4, 0.5) is 0 Å². The summed E-state index contributed by atoms with van der Waals surface area (Å²) in [5.74, 6) is 0.366. The summed E-state index contributed by atoms with van der Waals surface area (Å²) in [5.41, 5.74) is 5.56. The lowest BCUT2D eigenvalue weighted by molar-refractivity contribution is 0.461. The molecule has 2 heteroatoms. The van der Waals surface area contributed by atoms with Gasteiger partial charge in [-0.1, -0.05) is 65.0 Å². The Hall–Kier alpha value is -2.35. The molecule has 0 radical (unpaired) electrons. The van der Waals surface area contributed by atoms with Crippen molar-refractivity contribution in [1.29, 1.82) is 0 Å². The monoisotopic (exact) mass is 347 g/mol. The minimum absolute atomic E-state index is 0.0438. The van der Waals surface area contributed by atoms with E-state index in [2.05, 4.69) is 71.0 Å². The number of nitrogens with zero attached hydrogens (tertiary/aromatic N) is 1. The number of hydrogen-bond acceptors (Lipinski definition) is 2. The van der Waals surface area contributed by atoms with Crippen molar-refractivity contribution in [2.45, 2.75) is 58.8 Å². The van der Waals surface area contributed by atoms with Gasteiger partial charge in [-0.25, -0.2) is 0 Å². The molecule has 26 heavy (non-hydrogen) atoms. The van der Waals surface area contributed by atoms with Crippen LogP contribution in [0.15, 0.2) is 48.5 Å². The molecule has 2 aromatic carbocycles. The van der Waals surface area contributed by atoms with Crippen LogP contribution in [0.3, 0.4) is 0 Å². The van der Waals surface area contributed by atoms with Crippen molar-refractivity contribution in [2.24, 2.45) is 0 Å². The lowest BCUT2D eigenvalue weighted by atomic mass is 9.77. The van der Waals surface area contributed by atoms with Gasteiger partial charge in [0.25, 0.3) is 0 Å². The summed E-state index contributed by atoms with van der Waals surface area (Å²) >= 11 is 0. The Bertz CT molecular complexity index is 948. The van der Waals surface area contributed by atoms with Gasteiger partial charge < -0.3 is 5.11 Å². The summed E-state index contributed by atoms with van der Waals surface area (Å²) in [4.78, 5) is 4.90. The van der Waals surface area contributed by atoms with Gasteiger partial charge in [0.1, 0.15) is 5.75 Å². The summed E-state index contributed by atoms with van der Waals surface area (Å²) in [5, 5.41) is 11.2. The molecule has 0 aliphatic carbocycles. The van der Waals surface area contributed by atoms with E-state index in [0.29, 0.717) is 5.75 Å². The van der Waals surface area contributed by atoms with Gasteiger partial charge >= 0.3 is 0 Å². The molecule has 0 aliphatic rings. The average Bonchev–Trinajstić information content (AvgIpc) is 2.55. The number of aromatic hydroxyl groups is 1. The van der Waals surface area contributed by atoms with Crippen LogP contribution >= 0.6 is 0 Å². The molecule has 3 aromatic rings. The third-order valence-electron chi connectivity index (χ3n) is 5.21. The third kappa shape index (κ3) is 3.60. The average molecular weight is 348 g/mol. The SMILES string of the molecule is Cc1c(O)cccc1C(C)(C)Cc1ccc2ccc(C(C)(C)C)nc2c1. The second-order valence-corrected chi connectivity index (χ2v) is 8.98. The lowest BCUT2D eigenvalue weighted by Gasteiger charge is -2.28. The first-order valence-electron chi connectivity index (χ1n) is 9.27. The summed E-state index contributed by atoms with van der Waals surface area (Å²) in [6, 6.07) is 16.7. The summed E-state index contributed by atoms with van der Waals surface area (Å²) < 4.78 is 0. The Morgan fingerprint density at radius 1 is 0.923 bits per heavy atom. The van der Waals surface area contributed by atoms with Crippen LogP contribution < -0.4 is 0 Å². The number of hydrogen-bond donors (Lipinski definition) is 1. The molecule has 2 nitrogen and oxygen atoms in total. The zero-order valence-corrected chi connectivity index (χ0v) is 16.7. The van der Waals surface area contributed by atoms with Gasteiger partial charge in [-0.3, -0.25) is 4.98 Å². The molecule has 1 aromatic heterocycles. The van der Waals surface area contributed by atoms with E-state index in [4.69, 9.17) is 4.98 Å². The molecule has 3 rings (SSSR count). The predicted octanol–water partition coefficient (Wildman–Crippen LogP) is 6.07. The van der Waals surface area contributed by atoms with Crippen LogP contribution in [0.2, 0.25) is 0 Å². The normalized spacial score (nSPS) is 12.5. The molecular weight excluding hydrogens is 318 g/mol. The molecule has 0 bridgehead atoms. The van der Waals surface area contributed by atoms with Gasteiger partial charge in [-0.2, -0.15) is 0 Å². The number of fused-ring (bicyclic) bond motifs is 1. The minimum Gasteiger partial charge on any atom is -0.508 e. The van der Waals surface area contributed by atoms with Gasteiger partial charge in [-0.05, 0) is 53.6 Å². The number of aromatic nitrogens is 1. The molecule has 0 aliphatic heterocycles. The predicted molar refractivity (Wildman–Crippen MR) is 110 cm³/mol. The smallest absolute Gasteiger partial charge is 0.118 e. The largest absolute Gasteiger partial charge is 0.508 e. The van der Waals surface area contributed by atoms with Crippen molar-refractivity contribution in [3.05, 3.63) is 70.9 Å². The number of rotatable bonds is 3. The highest BCUT2D eigenvalue weighted by Gasteiger charge is 2.24. The molecule has 0 atom stereocenters. The van der Waals surface area contributed by atoms with E-state index in [-0.39, 0.29) is 10.8 Å². The molecule has 0 unspecified atom stereocenters. The van der Waals surface area contributed by atoms with Gasteiger partial charge in [-0.15, -0.1) is 0 Å². The lowest BCUT2D eigenvalue weighted by Crippen LogP contribution is -2.22.